The van der Waals surface area contributed by atoms with Crippen LogP contribution in [0.5, 0.6) is 0 Å². The molecule has 148 valence electrons. The molecule has 0 saturated heterocycles. The lowest BCUT2D eigenvalue weighted by molar-refractivity contribution is -0.138. The summed E-state index contributed by atoms with van der Waals surface area (Å²) in [4.78, 5) is 35.1. The average Bonchev–Trinajstić information content (AvgIpc) is 2.65. The Balaban J connectivity index is 1.93. The largest absolute Gasteiger partial charge is 0.480 e. The highest BCUT2D eigenvalue weighted by atomic mass is 16.4. The first-order chi connectivity index (χ1) is 13.1. The smallest absolute Gasteiger partial charge is 0.325 e. The second-order valence-corrected chi connectivity index (χ2v) is 7.74. The summed E-state index contributed by atoms with van der Waals surface area (Å²) in [5, 5.41) is 14.1. The van der Waals surface area contributed by atoms with Gasteiger partial charge in [0.25, 0.3) is 11.8 Å². The molecule has 0 aliphatic heterocycles. The average molecular weight is 382 g/mol. The van der Waals surface area contributed by atoms with Crippen LogP contribution in [0.3, 0.4) is 0 Å². The van der Waals surface area contributed by atoms with Gasteiger partial charge in [-0.05, 0) is 47.7 Å². The van der Waals surface area contributed by atoms with E-state index < -0.39 is 17.9 Å². The molecule has 0 fully saturated rings. The van der Waals surface area contributed by atoms with Gasteiger partial charge in [0.2, 0.25) is 0 Å². The number of carboxylic acid groups (broad SMARTS) is 1. The zero-order valence-electron chi connectivity index (χ0n) is 16.6. The van der Waals surface area contributed by atoms with Crippen LogP contribution in [0.2, 0.25) is 0 Å². The third-order valence-corrected chi connectivity index (χ3v) is 4.40. The van der Waals surface area contributed by atoms with E-state index in [1.165, 1.54) is 6.92 Å². The summed E-state index contributed by atoms with van der Waals surface area (Å²) >= 11 is 0. The molecule has 0 bridgehead atoms. The molecule has 0 radical (unpaired) electrons. The Morgan fingerprint density at radius 2 is 1.39 bits per heavy atom. The van der Waals surface area contributed by atoms with E-state index in [1.54, 1.807) is 24.3 Å². The van der Waals surface area contributed by atoms with Gasteiger partial charge in [-0.2, -0.15) is 0 Å². The molecular weight excluding hydrogens is 356 g/mol. The van der Waals surface area contributed by atoms with Crippen molar-refractivity contribution >= 4 is 17.8 Å². The molecule has 0 aliphatic carbocycles. The minimum Gasteiger partial charge on any atom is -0.480 e. The molecule has 1 atom stereocenters. The molecular formula is C22H26N2O4. The minimum atomic E-state index is -1.09. The van der Waals surface area contributed by atoms with E-state index in [1.807, 2.05) is 24.3 Å². The second kappa shape index (κ2) is 8.69. The van der Waals surface area contributed by atoms with Crippen molar-refractivity contribution in [1.29, 1.82) is 0 Å². The Hall–Kier alpha value is -3.15. The number of rotatable bonds is 6. The molecule has 0 aromatic heterocycles. The predicted molar refractivity (Wildman–Crippen MR) is 107 cm³/mol. The monoisotopic (exact) mass is 382 g/mol. The van der Waals surface area contributed by atoms with Crippen molar-refractivity contribution in [2.45, 2.75) is 45.7 Å². The summed E-state index contributed by atoms with van der Waals surface area (Å²) in [5.41, 5.74) is 2.98. The first-order valence-corrected chi connectivity index (χ1v) is 9.09. The number of aliphatic carboxylic acids is 1. The van der Waals surface area contributed by atoms with Gasteiger partial charge in [-0.1, -0.05) is 45.0 Å². The molecule has 6 heteroatoms. The maximum absolute atomic E-state index is 12.3. The van der Waals surface area contributed by atoms with Crippen LogP contribution < -0.4 is 10.6 Å². The summed E-state index contributed by atoms with van der Waals surface area (Å²) in [6, 6.07) is 13.2. The topological polar surface area (TPSA) is 95.5 Å². The molecule has 6 nitrogen and oxygen atoms in total. The molecule has 2 rings (SSSR count). The molecule has 0 spiro atoms. The molecule has 0 aliphatic rings. The van der Waals surface area contributed by atoms with Crippen LogP contribution in [-0.2, 0) is 16.8 Å². The van der Waals surface area contributed by atoms with Crippen molar-refractivity contribution in [3.63, 3.8) is 0 Å². The number of nitrogens with one attached hydrogen (secondary N) is 2. The molecule has 2 aromatic rings. The molecule has 0 saturated carbocycles. The van der Waals surface area contributed by atoms with Gasteiger partial charge in [-0.15, -0.1) is 0 Å². The van der Waals surface area contributed by atoms with Gasteiger partial charge in [0, 0.05) is 17.7 Å². The lowest BCUT2D eigenvalue weighted by atomic mass is 9.87. The van der Waals surface area contributed by atoms with Crippen LogP contribution in [0.15, 0.2) is 48.5 Å². The van der Waals surface area contributed by atoms with Crippen molar-refractivity contribution in [3.05, 3.63) is 70.8 Å². The maximum atomic E-state index is 12.3. The normalized spacial score (nSPS) is 12.1. The van der Waals surface area contributed by atoms with Crippen molar-refractivity contribution in [2.24, 2.45) is 0 Å². The van der Waals surface area contributed by atoms with Crippen LogP contribution in [0.4, 0.5) is 0 Å². The van der Waals surface area contributed by atoms with Crippen LogP contribution in [0.25, 0.3) is 0 Å². The summed E-state index contributed by atoms with van der Waals surface area (Å²) in [6.45, 7) is 8.09. The quantitative estimate of drug-likeness (QED) is 0.715. The van der Waals surface area contributed by atoms with Gasteiger partial charge in [0.15, 0.2) is 0 Å². The van der Waals surface area contributed by atoms with Crippen molar-refractivity contribution in [1.82, 2.24) is 10.6 Å². The number of carbonyl (C=O) groups excluding carboxylic acids is 2. The highest BCUT2D eigenvalue weighted by molar-refractivity contribution is 5.96. The zero-order chi connectivity index (χ0) is 20.9. The Kier molecular flexibility index (Phi) is 6.57. The van der Waals surface area contributed by atoms with Gasteiger partial charge in [-0.25, -0.2) is 0 Å². The Morgan fingerprint density at radius 3 is 1.89 bits per heavy atom. The van der Waals surface area contributed by atoms with Gasteiger partial charge in [0.1, 0.15) is 6.04 Å². The van der Waals surface area contributed by atoms with E-state index in [0.29, 0.717) is 17.7 Å². The minimum absolute atomic E-state index is 0.0330. The predicted octanol–water partition coefficient (Wildman–Crippen LogP) is 3.12. The first-order valence-electron chi connectivity index (χ1n) is 9.09. The fraction of sp³-hybridized carbons (Fsp3) is 0.318. The lowest BCUT2D eigenvalue weighted by Crippen LogP contribution is -2.38. The molecule has 0 heterocycles. The summed E-state index contributed by atoms with van der Waals surface area (Å²) in [6.07, 6.45) is 0. The van der Waals surface area contributed by atoms with Crippen LogP contribution >= 0.6 is 0 Å². The Labute approximate surface area is 165 Å². The van der Waals surface area contributed by atoms with Crippen LogP contribution in [0.1, 0.15) is 59.5 Å². The van der Waals surface area contributed by atoms with E-state index in [2.05, 4.69) is 31.4 Å². The molecule has 1 unspecified atom stereocenters. The third kappa shape index (κ3) is 5.67. The van der Waals surface area contributed by atoms with Gasteiger partial charge >= 0.3 is 5.97 Å². The Bertz CT molecular complexity index is 850. The Morgan fingerprint density at radius 1 is 0.893 bits per heavy atom. The fourth-order valence-corrected chi connectivity index (χ4v) is 2.52. The van der Waals surface area contributed by atoms with Crippen molar-refractivity contribution in [3.8, 4) is 0 Å². The number of benzene rings is 2. The van der Waals surface area contributed by atoms with Gasteiger partial charge < -0.3 is 15.7 Å². The van der Waals surface area contributed by atoms with Crippen molar-refractivity contribution < 1.29 is 19.5 Å². The first kappa shape index (κ1) is 21.2. The lowest BCUT2D eigenvalue weighted by Gasteiger charge is -2.19. The highest BCUT2D eigenvalue weighted by Crippen LogP contribution is 2.22. The van der Waals surface area contributed by atoms with Crippen LogP contribution in [0, 0.1) is 0 Å². The van der Waals surface area contributed by atoms with E-state index in [9.17, 15) is 14.4 Å². The van der Waals surface area contributed by atoms with Crippen LogP contribution in [-0.4, -0.2) is 28.9 Å². The van der Waals surface area contributed by atoms with Gasteiger partial charge in [-0.3, -0.25) is 14.4 Å². The third-order valence-electron chi connectivity index (χ3n) is 4.40. The molecule has 2 amide bonds. The highest BCUT2D eigenvalue weighted by Gasteiger charge is 2.16. The number of amides is 2. The SMILES string of the molecule is CC(NC(=O)c1ccc(CNC(=O)c2ccc(C(C)(C)C)cc2)cc1)C(=O)O. The number of carbonyl (C=O) groups is 3. The molecule has 28 heavy (non-hydrogen) atoms. The summed E-state index contributed by atoms with van der Waals surface area (Å²) in [7, 11) is 0. The molecule has 3 N–H and O–H groups in total. The van der Waals surface area contributed by atoms with E-state index in [0.717, 1.165) is 11.1 Å². The number of hydrogen-bond donors (Lipinski definition) is 3. The van der Waals surface area contributed by atoms with E-state index in [4.69, 9.17) is 5.11 Å². The summed E-state index contributed by atoms with van der Waals surface area (Å²) in [5.74, 6) is -1.72. The fourth-order valence-electron chi connectivity index (χ4n) is 2.52. The number of carboxylic acids is 1. The van der Waals surface area contributed by atoms with E-state index >= 15 is 0 Å². The van der Waals surface area contributed by atoms with E-state index in [-0.39, 0.29) is 11.3 Å². The maximum Gasteiger partial charge on any atom is 0.325 e. The standard InChI is InChI=1S/C22H26N2O4/c1-14(21(27)28)24-20(26)17-7-5-15(6-8-17)13-23-19(25)16-9-11-18(12-10-16)22(2,3)4/h5-12,14H,13H2,1-4H3,(H,23,25)(H,24,26)(H,27,28). The summed E-state index contributed by atoms with van der Waals surface area (Å²) < 4.78 is 0. The molecule has 2 aromatic carbocycles. The second-order valence-electron chi connectivity index (χ2n) is 7.74. The van der Waals surface area contributed by atoms with Gasteiger partial charge in [0.05, 0.1) is 0 Å². The van der Waals surface area contributed by atoms with Crippen molar-refractivity contribution in [2.75, 3.05) is 0 Å². The zero-order valence-corrected chi connectivity index (χ0v) is 16.6. The number of hydrogen-bond acceptors (Lipinski definition) is 3.